The van der Waals surface area contributed by atoms with E-state index in [0.717, 1.165) is 23.7 Å². The Morgan fingerprint density at radius 2 is 1.79 bits per heavy atom. The summed E-state index contributed by atoms with van der Waals surface area (Å²) in [6, 6.07) is 0. The summed E-state index contributed by atoms with van der Waals surface area (Å²) in [7, 11) is 0. The fraction of sp³-hybridized carbons (Fsp3) is 1.00. The molecule has 0 unspecified atom stereocenters. The van der Waals surface area contributed by atoms with E-state index in [1.54, 1.807) is 0 Å². The molecule has 0 amide bonds. The van der Waals surface area contributed by atoms with Gasteiger partial charge in [-0.15, -0.1) is 0 Å². The van der Waals surface area contributed by atoms with Gasteiger partial charge in [-0.2, -0.15) is 0 Å². The first-order valence-electron chi connectivity index (χ1n) is 6.36. The van der Waals surface area contributed by atoms with Crippen molar-refractivity contribution in [2.75, 3.05) is 0 Å². The van der Waals surface area contributed by atoms with Gasteiger partial charge in [-0.05, 0) is 61.2 Å². The van der Waals surface area contributed by atoms with Crippen molar-refractivity contribution in [1.29, 1.82) is 0 Å². The standard InChI is InChI=1S/C13H22O/c1-7(2)10-6-11-8-3-4-9(11)13(14)12(10)5-8/h7-14H,3-6H2,1-2H3/t8-,9-,10-,11+,12+,13-/m1/s1. The van der Waals surface area contributed by atoms with E-state index in [4.69, 9.17) is 0 Å². The molecule has 0 heterocycles. The number of aliphatic hydroxyl groups excluding tert-OH is 1. The van der Waals surface area contributed by atoms with Gasteiger partial charge in [0.25, 0.3) is 0 Å². The van der Waals surface area contributed by atoms with Gasteiger partial charge in [0.15, 0.2) is 0 Å². The lowest BCUT2D eigenvalue weighted by molar-refractivity contribution is -0.0994. The smallest absolute Gasteiger partial charge is 0.0602 e. The lowest BCUT2D eigenvalue weighted by Crippen LogP contribution is -2.50. The third-order valence-electron chi connectivity index (χ3n) is 5.43. The van der Waals surface area contributed by atoms with Crippen LogP contribution in [0.1, 0.15) is 39.5 Å². The topological polar surface area (TPSA) is 20.2 Å². The first-order chi connectivity index (χ1) is 6.68. The molecule has 0 aromatic rings. The number of fused-ring (bicyclic) bond motifs is 1. The van der Waals surface area contributed by atoms with Crippen LogP contribution in [0.25, 0.3) is 0 Å². The van der Waals surface area contributed by atoms with Gasteiger partial charge < -0.3 is 5.11 Å². The molecule has 0 radical (unpaired) electrons. The van der Waals surface area contributed by atoms with Crippen LogP contribution in [0.3, 0.4) is 0 Å². The molecule has 4 aliphatic rings. The van der Waals surface area contributed by atoms with Gasteiger partial charge in [-0.1, -0.05) is 13.8 Å². The van der Waals surface area contributed by atoms with Crippen molar-refractivity contribution in [3.05, 3.63) is 0 Å². The average molecular weight is 194 g/mol. The van der Waals surface area contributed by atoms with Crippen molar-refractivity contribution < 1.29 is 5.11 Å². The van der Waals surface area contributed by atoms with E-state index in [1.807, 2.05) is 0 Å². The Balaban J connectivity index is 1.88. The van der Waals surface area contributed by atoms with Crippen molar-refractivity contribution in [3.63, 3.8) is 0 Å². The molecule has 4 rings (SSSR count). The van der Waals surface area contributed by atoms with E-state index in [0.29, 0.717) is 11.8 Å². The normalized spacial score (nSPS) is 55.7. The molecular weight excluding hydrogens is 172 g/mol. The fourth-order valence-electron chi connectivity index (χ4n) is 4.76. The summed E-state index contributed by atoms with van der Waals surface area (Å²) < 4.78 is 0. The molecule has 0 aromatic carbocycles. The summed E-state index contributed by atoms with van der Waals surface area (Å²) in [6.07, 6.45) is 5.55. The molecule has 1 heteroatoms. The highest BCUT2D eigenvalue weighted by atomic mass is 16.3. The zero-order chi connectivity index (χ0) is 9.87. The Morgan fingerprint density at radius 1 is 1.00 bits per heavy atom. The maximum absolute atomic E-state index is 10.3. The van der Waals surface area contributed by atoms with Crippen LogP contribution in [0.4, 0.5) is 0 Å². The predicted octanol–water partition coefficient (Wildman–Crippen LogP) is 2.69. The van der Waals surface area contributed by atoms with E-state index >= 15 is 0 Å². The van der Waals surface area contributed by atoms with E-state index in [2.05, 4.69) is 13.8 Å². The molecule has 0 saturated heterocycles. The molecular formula is C13H22O. The minimum Gasteiger partial charge on any atom is -0.393 e. The maximum atomic E-state index is 10.3. The zero-order valence-corrected chi connectivity index (χ0v) is 9.32. The van der Waals surface area contributed by atoms with Gasteiger partial charge in [-0.3, -0.25) is 0 Å². The number of hydrogen-bond acceptors (Lipinski definition) is 1. The Labute approximate surface area is 86.9 Å². The summed E-state index contributed by atoms with van der Waals surface area (Å²) in [5, 5.41) is 10.3. The summed E-state index contributed by atoms with van der Waals surface area (Å²) >= 11 is 0. The number of aliphatic hydroxyl groups is 1. The number of hydrogen-bond donors (Lipinski definition) is 1. The minimum absolute atomic E-state index is 0.0555. The molecule has 80 valence electrons. The highest BCUT2D eigenvalue weighted by Crippen LogP contribution is 2.59. The fourth-order valence-corrected chi connectivity index (χ4v) is 4.76. The second-order valence-corrected chi connectivity index (χ2v) is 6.20. The molecule has 1 nitrogen and oxygen atoms in total. The lowest BCUT2D eigenvalue weighted by Gasteiger charge is -2.51. The van der Waals surface area contributed by atoms with Crippen molar-refractivity contribution in [1.82, 2.24) is 0 Å². The van der Waals surface area contributed by atoms with Gasteiger partial charge >= 0.3 is 0 Å². The van der Waals surface area contributed by atoms with E-state index in [9.17, 15) is 5.11 Å². The van der Waals surface area contributed by atoms with Crippen LogP contribution < -0.4 is 0 Å². The molecule has 0 aliphatic heterocycles. The van der Waals surface area contributed by atoms with Crippen molar-refractivity contribution in [2.45, 2.75) is 45.6 Å². The van der Waals surface area contributed by atoms with Gasteiger partial charge in [0.05, 0.1) is 6.10 Å². The maximum Gasteiger partial charge on any atom is 0.0602 e. The van der Waals surface area contributed by atoms with Gasteiger partial charge in [0.1, 0.15) is 0 Å². The minimum atomic E-state index is 0.0555. The SMILES string of the molecule is CC(C)[C@H]1C[C@H]2[C@@H]3CC[C@H]2[C@@H](O)[C@H]1C3. The molecule has 4 saturated carbocycles. The first-order valence-corrected chi connectivity index (χ1v) is 6.36. The van der Waals surface area contributed by atoms with Gasteiger partial charge in [0.2, 0.25) is 0 Å². The lowest BCUT2D eigenvalue weighted by atomic mass is 9.55. The molecule has 6 atom stereocenters. The molecule has 4 fully saturated rings. The van der Waals surface area contributed by atoms with E-state index in [-0.39, 0.29) is 6.10 Å². The van der Waals surface area contributed by atoms with Crippen LogP contribution in [0, 0.1) is 35.5 Å². The molecule has 14 heavy (non-hydrogen) atoms. The summed E-state index contributed by atoms with van der Waals surface area (Å²) in [5.74, 6) is 4.81. The van der Waals surface area contributed by atoms with Crippen LogP contribution in [0.5, 0.6) is 0 Å². The summed E-state index contributed by atoms with van der Waals surface area (Å²) in [6.45, 7) is 4.67. The monoisotopic (exact) mass is 194 g/mol. The number of rotatable bonds is 1. The van der Waals surface area contributed by atoms with E-state index in [1.165, 1.54) is 25.7 Å². The summed E-state index contributed by atoms with van der Waals surface area (Å²) in [4.78, 5) is 0. The molecule has 4 bridgehead atoms. The third-order valence-corrected chi connectivity index (χ3v) is 5.43. The first kappa shape index (κ1) is 9.21. The largest absolute Gasteiger partial charge is 0.393 e. The predicted molar refractivity (Wildman–Crippen MR) is 56.8 cm³/mol. The van der Waals surface area contributed by atoms with Crippen LogP contribution in [-0.2, 0) is 0 Å². The second kappa shape index (κ2) is 2.98. The highest BCUT2D eigenvalue weighted by Gasteiger charge is 2.55. The Bertz CT molecular complexity index is 235. The van der Waals surface area contributed by atoms with Crippen LogP contribution in [0.2, 0.25) is 0 Å². The quantitative estimate of drug-likeness (QED) is 0.680. The Kier molecular flexibility index (Phi) is 1.96. The summed E-state index contributed by atoms with van der Waals surface area (Å²) in [5.41, 5.74) is 0. The molecule has 0 aromatic heterocycles. The van der Waals surface area contributed by atoms with Crippen molar-refractivity contribution in [3.8, 4) is 0 Å². The van der Waals surface area contributed by atoms with Crippen molar-refractivity contribution >= 4 is 0 Å². The van der Waals surface area contributed by atoms with Crippen molar-refractivity contribution in [2.24, 2.45) is 35.5 Å². The Morgan fingerprint density at radius 3 is 2.50 bits per heavy atom. The molecule has 4 aliphatic carbocycles. The van der Waals surface area contributed by atoms with Crippen LogP contribution in [0.15, 0.2) is 0 Å². The Hall–Kier alpha value is -0.0400. The highest BCUT2D eigenvalue weighted by molar-refractivity contribution is 5.04. The van der Waals surface area contributed by atoms with E-state index < -0.39 is 0 Å². The van der Waals surface area contributed by atoms with Crippen LogP contribution >= 0.6 is 0 Å². The van der Waals surface area contributed by atoms with Gasteiger partial charge in [-0.25, -0.2) is 0 Å². The van der Waals surface area contributed by atoms with Gasteiger partial charge in [0, 0.05) is 0 Å². The second-order valence-electron chi connectivity index (χ2n) is 6.20. The average Bonchev–Trinajstić information content (AvgIpc) is 2.50. The van der Waals surface area contributed by atoms with Crippen LogP contribution in [-0.4, -0.2) is 11.2 Å². The molecule has 0 spiro atoms. The molecule has 1 N–H and O–H groups in total. The zero-order valence-electron chi connectivity index (χ0n) is 9.32. The third kappa shape index (κ3) is 1.05.